The van der Waals surface area contributed by atoms with Gasteiger partial charge in [-0.2, -0.15) is 0 Å². The smallest absolute Gasteiger partial charge is 0.0778 e. The van der Waals surface area contributed by atoms with Crippen molar-refractivity contribution in [2.75, 3.05) is 13.2 Å². The van der Waals surface area contributed by atoms with E-state index in [1.54, 1.807) is 0 Å². The highest BCUT2D eigenvalue weighted by atomic mass is 16.5. The molecular formula is C15H33NO. The summed E-state index contributed by atoms with van der Waals surface area (Å²) in [5, 5.41) is 3.65. The quantitative estimate of drug-likeness (QED) is 0.699. The lowest BCUT2D eigenvalue weighted by atomic mass is 9.78. The van der Waals surface area contributed by atoms with E-state index in [4.69, 9.17) is 4.74 Å². The molecule has 0 fully saturated rings. The molecule has 0 saturated carbocycles. The molecule has 0 rings (SSSR count). The normalized spacial score (nSPS) is 16.2. The average Bonchev–Trinajstić information content (AvgIpc) is 2.25. The van der Waals surface area contributed by atoms with Gasteiger partial charge in [-0.25, -0.2) is 0 Å². The minimum absolute atomic E-state index is 0.186. The van der Waals surface area contributed by atoms with Crippen molar-refractivity contribution in [3.8, 4) is 0 Å². The van der Waals surface area contributed by atoms with Gasteiger partial charge in [0.05, 0.1) is 6.10 Å². The van der Waals surface area contributed by atoms with Crippen molar-refractivity contribution in [3.63, 3.8) is 0 Å². The van der Waals surface area contributed by atoms with E-state index >= 15 is 0 Å². The molecule has 0 saturated heterocycles. The van der Waals surface area contributed by atoms with Crippen LogP contribution in [0.15, 0.2) is 0 Å². The first-order valence-corrected chi connectivity index (χ1v) is 7.27. The Morgan fingerprint density at radius 3 is 1.82 bits per heavy atom. The minimum atomic E-state index is 0.186. The Balaban J connectivity index is 4.93. The van der Waals surface area contributed by atoms with Crippen LogP contribution in [0.3, 0.4) is 0 Å². The van der Waals surface area contributed by atoms with Crippen LogP contribution in [-0.4, -0.2) is 25.3 Å². The van der Waals surface area contributed by atoms with Crippen LogP contribution < -0.4 is 5.32 Å². The van der Waals surface area contributed by atoms with Gasteiger partial charge in [-0.3, -0.25) is 0 Å². The molecule has 0 aliphatic rings. The van der Waals surface area contributed by atoms with Crippen molar-refractivity contribution in [1.82, 2.24) is 5.32 Å². The second-order valence-electron chi connectivity index (χ2n) is 5.90. The van der Waals surface area contributed by atoms with Crippen molar-refractivity contribution in [2.24, 2.45) is 11.3 Å². The van der Waals surface area contributed by atoms with Crippen molar-refractivity contribution in [2.45, 2.75) is 73.5 Å². The van der Waals surface area contributed by atoms with Gasteiger partial charge in [-0.15, -0.1) is 0 Å². The Labute approximate surface area is 109 Å². The molecule has 2 heteroatoms. The first-order valence-electron chi connectivity index (χ1n) is 7.27. The summed E-state index contributed by atoms with van der Waals surface area (Å²) in [6.07, 6.45) is 2.72. The van der Waals surface area contributed by atoms with Crippen LogP contribution in [0.1, 0.15) is 61.3 Å². The van der Waals surface area contributed by atoms with Crippen LogP contribution in [0.5, 0.6) is 0 Å². The van der Waals surface area contributed by atoms with Gasteiger partial charge >= 0.3 is 0 Å². The highest BCUT2D eigenvalue weighted by Crippen LogP contribution is 2.30. The second-order valence-corrected chi connectivity index (χ2v) is 5.90. The lowest BCUT2D eigenvalue weighted by Gasteiger charge is -2.40. The summed E-state index contributed by atoms with van der Waals surface area (Å²) in [4.78, 5) is 0. The van der Waals surface area contributed by atoms with E-state index in [9.17, 15) is 0 Å². The van der Waals surface area contributed by atoms with Gasteiger partial charge in [0.15, 0.2) is 0 Å². The predicted octanol–water partition coefficient (Wildman–Crippen LogP) is 3.85. The summed E-state index contributed by atoms with van der Waals surface area (Å²) in [6, 6.07) is 0.468. The van der Waals surface area contributed by atoms with Crippen LogP contribution in [0.25, 0.3) is 0 Å². The minimum Gasteiger partial charge on any atom is -0.376 e. The lowest BCUT2D eigenvalue weighted by Crippen LogP contribution is -2.52. The van der Waals surface area contributed by atoms with Crippen LogP contribution in [0, 0.1) is 11.3 Å². The summed E-state index contributed by atoms with van der Waals surface area (Å²) in [6.45, 7) is 17.5. The molecule has 2 atom stereocenters. The Morgan fingerprint density at radius 1 is 1.00 bits per heavy atom. The molecule has 2 nitrogen and oxygen atoms in total. The van der Waals surface area contributed by atoms with Gasteiger partial charge < -0.3 is 10.1 Å². The maximum Gasteiger partial charge on any atom is 0.0778 e. The predicted molar refractivity (Wildman–Crippen MR) is 76.4 cm³/mol. The number of likely N-dealkylation sites (N-methyl/N-ethyl adjacent to an activating group) is 1. The third-order valence-corrected chi connectivity index (χ3v) is 3.52. The van der Waals surface area contributed by atoms with E-state index in [-0.39, 0.29) is 11.5 Å². The highest BCUT2D eigenvalue weighted by molar-refractivity contribution is 4.90. The van der Waals surface area contributed by atoms with Gasteiger partial charge in [0.25, 0.3) is 0 Å². The fourth-order valence-electron chi connectivity index (χ4n) is 2.63. The third-order valence-electron chi connectivity index (χ3n) is 3.52. The topological polar surface area (TPSA) is 21.3 Å². The molecule has 0 aliphatic heterocycles. The highest BCUT2D eigenvalue weighted by Gasteiger charge is 2.35. The van der Waals surface area contributed by atoms with Crippen molar-refractivity contribution < 1.29 is 4.74 Å². The molecule has 0 bridgehead atoms. The first kappa shape index (κ1) is 16.9. The van der Waals surface area contributed by atoms with Crippen LogP contribution in [0.4, 0.5) is 0 Å². The lowest BCUT2D eigenvalue weighted by molar-refractivity contribution is -0.0494. The zero-order valence-corrected chi connectivity index (χ0v) is 13.0. The molecule has 0 spiro atoms. The van der Waals surface area contributed by atoms with Gasteiger partial charge in [0, 0.05) is 12.6 Å². The number of hydrogen-bond donors (Lipinski definition) is 1. The van der Waals surface area contributed by atoms with Gasteiger partial charge in [-0.1, -0.05) is 54.4 Å². The summed E-state index contributed by atoms with van der Waals surface area (Å²) < 4.78 is 6.04. The zero-order valence-electron chi connectivity index (χ0n) is 13.0. The summed E-state index contributed by atoms with van der Waals surface area (Å²) in [5.74, 6) is 0.700. The van der Waals surface area contributed by atoms with E-state index < -0.39 is 0 Å². The van der Waals surface area contributed by atoms with E-state index in [2.05, 4.69) is 53.8 Å². The monoisotopic (exact) mass is 243 g/mol. The van der Waals surface area contributed by atoms with Crippen molar-refractivity contribution >= 4 is 0 Å². The molecule has 0 radical (unpaired) electrons. The van der Waals surface area contributed by atoms with E-state index in [0.717, 1.165) is 13.2 Å². The Hall–Kier alpha value is -0.0800. The summed E-state index contributed by atoms with van der Waals surface area (Å²) in [7, 11) is 0. The van der Waals surface area contributed by atoms with E-state index in [0.29, 0.717) is 12.0 Å². The molecule has 1 N–H and O–H groups in total. The summed E-state index contributed by atoms with van der Waals surface area (Å²) in [5.41, 5.74) is 0.186. The molecule has 2 unspecified atom stereocenters. The fourth-order valence-corrected chi connectivity index (χ4v) is 2.63. The molecule has 17 heavy (non-hydrogen) atoms. The Morgan fingerprint density at radius 2 is 1.53 bits per heavy atom. The number of rotatable bonds is 8. The average molecular weight is 243 g/mol. The van der Waals surface area contributed by atoms with E-state index in [1.165, 1.54) is 12.8 Å². The molecule has 0 heterocycles. The molecule has 0 amide bonds. The molecule has 0 aromatic rings. The Bertz CT molecular complexity index is 182. The Kier molecular flexibility index (Phi) is 8.06. The molecule has 0 aromatic carbocycles. The SMILES string of the molecule is CCNC(C(CC)CC)C(OCC)C(C)(C)C. The van der Waals surface area contributed by atoms with Gasteiger partial charge in [0.1, 0.15) is 0 Å². The second kappa shape index (κ2) is 8.10. The number of ether oxygens (including phenoxy) is 1. The van der Waals surface area contributed by atoms with Crippen molar-refractivity contribution in [1.29, 1.82) is 0 Å². The van der Waals surface area contributed by atoms with Gasteiger partial charge in [-0.05, 0) is 24.8 Å². The van der Waals surface area contributed by atoms with Crippen LogP contribution in [0.2, 0.25) is 0 Å². The number of nitrogens with one attached hydrogen (secondary N) is 1. The zero-order chi connectivity index (χ0) is 13.5. The van der Waals surface area contributed by atoms with E-state index in [1.807, 2.05) is 0 Å². The first-order chi connectivity index (χ1) is 7.92. The third kappa shape index (κ3) is 5.39. The van der Waals surface area contributed by atoms with Crippen LogP contribution >= 0.6 is 0 Å². The largest absolute Gasteiger partial charge is 0.376 e. The molecule has 0 aliphatic carbocycles. The van der Waals surface area contributed by atoms with Gasteiger partial charge in [0.2, 0.25) is 0 Å². The molecule has 104 valence electrons. The molecular weight excluding hydrogens is 210 g/mol. The van der Waals surface area contributed by atoms with Crippen LogP contribution in [-0.2, 0) is 4.74 Å². The maximum atomic E-state index is 6.04. The molecule has 0 aromatic heterocycles. The van der Waals surface area contributed by atoms with Crippen molar-refractivity contribution in [3.05, 3.63) is 0 Å². The number of hydrogen-bond acceptors (Lipinski definition) is 2. The fraction of sp³-hybridized carbons (Fsp3) is 1.00. The maximum absolute atomic E-state index is 6.04. The summed E-state index contributed by atoms with van der Waals surface area (Å²) >= 11 is 0. The standard InChI is InChI=1S/C15H33NO/c1-8-12(9-2)13(16-10-3)14(17-11-4)15(5,6)7/h12-14,16H,8-11H2,1-7H3.